The van der Waals surface area contributed by atoms with Crippen LogP contribution in [-0.2, 0) is 20.8 Å². The second kappa shape index (κ2) is 7.37. The van der Waals surface area contributed by atoms with E-state index in [1.165, 1.54) is 0 Å². The summed E-state index contributed by atoms with van der Waals surface area (Å²) in [4.78, 5) is 6.28. The summed E-state index contributed by atoms with van der Waals surface area (Å²) in [6, 6.07) is 8.45. The molecule has 0 aliphatic carbocycles. The molecule has 2 heterocycles. The van der Waals surface area contributed by atoms with Gasteiger partial charge in [-0.1, -0.05) is 23.2 Å². The highest BCUT2D eigenvalue weighted by Gasteiger charge is 2.30. The molecule has 0 saturated heterocycles. The molecule has 0 N–H and O–H groups in total. The van der Waals surface area contributed by atoms with E-state index < -0.39 is 10.1 Å². The molecule has 1 aliphatic rings. The Morgan fingerprint density at radius 1 is 1.36 bits per heavy atom. The summed E-state index contributed by atoms with van der Waals surface area (Å²) in [5.41, 5.74) is 0.803. The van der Waals surface area contributed by atoms with Crippen LogP contribution in [0.5, 0.6) is 5.75 Å². The Labute approximate surface area is 156 Å². The maximum Gasteiger partial charge on any atom is 0.264 e. The van der Waals surface area contributed by atoms with Crippen molar-refractivity contribution in [1.82, 2.24) is 4.98 Å². The Bertz CT molecular complexity index is 876. The van der Waals surface area contributed by atoms with Gasteiger partial charge < -0.3 is 9.64 Å². The van der Waals surface area contributed by atoms with Crippen LogP contribution in [0, 0.1) is 0 Å². The number of anilines is 1. The molecule has 9 heteroatoms. The minimum absolute atomic E-state index is 0.0486. The molecule has 2 aromatic rings. The summed E-state index contributed by atoms with van der Waals surface area (Å²) in [6.45, 7) is 0.615. The van der Waals surface area contributed by atoms with E-state index in [2.05, 4.69) is 4.98 Å². The number of pyridine rings is 1. The molecule has 0 fully saturated rings. The second-order valence-corrected chi connectivity index (χ2v) is 8.13. The van der Waals surface area contributed by atoms with E-state index in [0.29, 0.717) is 28.2 Å². The number of nitrogens with zero attached hydrogens (tertiary/aromatic N) is 2. The van der Waals surface area contributed by atoms with Crippen molar-refractivity contribution >= 4 is 39.1 Å². The van der Waals surface area contributed by atoms with Crippen molar-refractivity contribution in [3.8, 4) is 5.75 Å². The molecule has 1 aromatic heterocycles. The Balaban J connectivity index is 1.92. The van der Waals surface area contributed by atoms with Crippen LogP contribution in [0.2, 0.25) is 10.0 Å². The molecule has 0 saturated carbocycles. The van der Waals surface area contributed by atoms with Gasteiger partial charge in [0.1, 0.15) is 6.61 Å². The van der Waals surface area contributed by atoms with Crippen LogP contribution in [0.3, 0.4) is 0 Å². The molecule has 0 bridgehead atoms. The molecule has 0 radical (unpaired) electrons. The second-order valence-electron chi connectivity index (χ2n) is 5.64. The lowest BCUT2D eigenvalue weighted by molar-refractivity contribution is 0.201. The summed E-state index contributed by atoms with van der Waals surface area (Å²) in [5, 5.41) is 1.13. The van der Waals surface area contributed by atoms with E-state index in [1.807, 2.05) is 11.0 Å². The fraction of sp³-hybridized carbons (Fsp3) is 0.312. The Kier molecular flexibility index (Phi) is 5.38. The van der Waals surface area contributed by atoms with Crippen LogP contribution >= 0.6 is 23.2 Å². The van der Waals surface area contributed by atoms with E-state index in [0.717, 1.165) is 11.8 Å². The first kappa shape index (κ1) is 18.3. The number of benzene rings is 1. The lowest BCUT2D eigenvalue weighted by Crippen LogP contribution is -2.46. The van der Waals surface area contributed by atoms with Crippen LogP contribution in [0.15, 0.2) is 36.5 Å². The minimum Gasteiger partial charge on any atom is -0.487 e. The van der Waals surface area contributed by atoms with Gasteiger partial charge in [0.25, 0.3) is 10.1 Å². The fourth-order valence-corrected chi connectivity index (χ4v) is 3.33. The number of ether oxygens (including phenoxy) is 1. The lowest BCUT2D eigenvalue weighted by Gasteiger charge is -2.37. The third kappa shape index (κ3) is 4.55. The highest BCUT2D eigenvalue weighted by atomic mass is 35.5. The summed E-state index contributed by atoms with van der Waals surface area (Å²) in [7, 11) is -3.56. The molecule has 0 unspecified atom stereocenters. The van der Waals surface area contributed by atoms with Crippen LogP contribution in [0.1, 0.15) is 5.56 Å². The number of hydrogen-bond acceptors (Lipinski definition) is 6. The Hall–Kier alpha value is -1.54. The molecule has 1 aliphatic heterocycles. The number of aromatic nitrogens is 1. The first-order valence-electron chi connectivity index (χ1n) is 7.46. The van der Waals surface area contributed by atoms with E-state index >= 15 is 0 Å². The third-order valence-corrected chi connectivity index (χ3v) is 4.89. The lowest BCUT2D eigenvalue weighted by atomic mass is 10.1. The number of halogens is 2. The van der Waals surface area contributed by atoms with Crippen molar-refractivity contribution < 1.29 is 17.3 Å². The molecule has 134 valence electrons. The molecule has 1 atom stereocenters. The van der Waals surface area contributed by atoms with Gasteiger partial charge >= 0.3 is 0 Å². The fourth-order valence-electron chi connectivity index (χ4n) is 2.55. The molecule has 6 nitrogen and oxygen atoms in total. The Morgan fingerprint density at radius 3 is 2.92 bits per heavy atom. The first-order chi connectivity index (χ1) is 11.8. The van der Waals surface area contributed by atoms with Gasteiger partial charge in [-0.25, -0.2) is 4.98 Å². The van der Waals surface area contributed by atoms with Gasteiger partial charge in [-0.05, 0) is 35.9 Å². The largest absolute Gasteiger partial charge is 0.487 e. The van der Waals surface area contributed by atoms with Gasteiger partial charge in [-0.3, -0.25) is 4.18 Å². The zero-order valence-corrected chi connectivity index (χ0v) is 15.7. The average Bonchev–Trinajstić information content (AvgIpc) is 2.56. The summed E-state index contributed by atoms with van der Waals surface area (Å²) >= 11 is 12.3. The SMILES string of the molecule is CS(=O)(=O)OC[C@@H]1COc2cccnc2N1Cc1cc(Cl)ccc1Cl. The van der Waals surface area contributed by atoms with Crippen molar-refractivity contribution in [2.24, 2.45) is 0 Å². The maximum absolute atomic E-state index is 11.3. The Morgan fingerprint density at radius 2 is 2.16 bits per heavy atom. The van der Waals surface area contributed by atoms with Gasteiger partial charge in [0.2, 0.25) is 0 Å². The van der Waals surface area contributed by atoms with Gasteiger partial charge in [-0.15, -0.1) is 0 Å². The minimum atomic E-state index is -3.56. The number of rotatable bonds is 5. The highest BCUT2D eigenvalue weighted by Crippen LogP contribution is 2.34. The molecule has 25 heavy (non-hydrogen) atoms. The van der Waals surface area contributed by atoms with Gasteiger partial charge in [0.05, 0.1) is 18.9 Å². The quantitative estimate of drug-likeness (QED) is 0.715. The number of hydrogen-bond donors (Lipinski definition) is 0. The molecule has 0 amide bonds. The molecule has 3 rings (SSSR count). The first-order valence-corrected chi connectivity index (χ1v) is 10.0. The van der Waals surface area contributed by atoms with Gasteiger partial charge in [-0.2, -0.15) is 8.42 Å². The monoisotopic (exact) mass is 402 g/mol. The van der Waals surface area contributed by atoms with Crippen LogP contribution < -0.4 is 9.64 Å². The zero-order chi connectivity index (χ0) is 18.0. The summed E-state index contributed by atoms with van der Waals surface area (Å²) < 4.78 is 33.3. The topological polar surface area (TPSA) is 68.7 Å². The highest BCUT2D eigenvalue weighted by molar-refractivity contribution is 7.85. The predicted molar refractivity (Wildman–Crippen MR) is 97.0 cm³/mol. The van der Waals surface area contributed by atoms with Crippen molar-refractivity contribution in [2.45, 2.75) is 12.6 Å². The normalized spacial score (nSPS) is 17.1. The van der Waals surface area contributed by atoms with E-state index in [9.17, 15) is 8.42 Å². The third-order valence-electron chi connectivity index (χ3n) is 3.72. The zero-order valence-electron chi connectivity index (χ0n) is 13.4. The van der Waals surface area contributed by atoms with Crippen LogP contribution in [0.25, 0.3) is 0 Å². The molecular formula is C16H16Cl2N2O4S. The van der Waals surface area contributed by atoms with Crippen molar-refractivity contribution in [2.75, 3.05) is 24.4 Å². The summed E-state index contributed by atoms with van der Waals surface area (Å²) in [6.07, 6.45) is 2.66. The van der Waals surface area contributed by atoms with Crippen LogP contribution in [-0.4, -0.2) is 38.9 Å². The molecular weight excluding hydrogens is 387 g/mol. The number of fused-ring (bicyclic) bond motifs is 1. The average molecular weight is 403 g/mol. The smallest absolute Gasteiger partial charge is 0.264 e. The summed E-state index contributed by atoms with van der Waals surface area (Å²) in [5.74, 6) is 1.23. The van der Waals surface area contributed by atoms with Crippen molar-refractivity contribution in [1.29, 1.82) is 0 Å². The van der Waals surface area contributed by atoms with E-state index in [1.54, 1.807) is 30.5 Å². The van der Waals surface area contributed by atoms with Crippen LogP contribution in [0.4, 0.5) is 5.82 Å². The van der Waals surface area contributed by atoms with Crippen molar-refractivity contribution in [3.05, 3.63) is 52.1 Å². The van der Waals surface area contributed by atoms with Crippen molar-refractivity contribution in [3.63, 3.8) is 0 Å². The van der Waals surface area contributed by atoms with Gasteiger partial charge in [0.15, 0.2) is 11.6 Å². The van der Waals surface area contributed by atoms with E-state index in [-0.39, 0.29) is 19.3 Å². The van der Waals surface area contributed by atoms with E-state index in [4.69, 9.17) is 32.1 Å². The molecule has 0 spiro atoms. The van der Waals surface area contributed by atoms with Gasteiger partial charge in [0, 0.05) is 22.8 Å². The molecule has 1 aromatic carbocycles. The maximum atomic E-state index is 11.3. The predicted octanol–water partition coefficient (Wildman–Crippen LogP) is 3.13. The standard InChI is InChI=1S/C16H16Cl2N2O4S/c1-25(21,22)24-10-13-9-23-15-3-2-6-19-16(15)20(13)8-11-7-12(17)4-5-14(11)18/h2-7,13H,8-10H2,1H3/t13-/m0/s1.